The Labute approximate surface area is 144 Å². The molecular formula is C18H31N3OS. The molecule has 0 spiro atoms. The van der Waals surface area contributed by atoms with Crippen LogP contribution in [-0.4, -0.2) is 48.1 Å². The van der Waals surface area contributed by atoms with Gasteiger partial charge in [0.1, 0.15) is 0 Å². The van der Waals surface area contributed by atoms with Crippen LogP contribution >= 0.6 is 11.3 Å². The van der Waals surface area contributed by atoms with Gasteiger partial charge in [-0.15, -0.1) is 11.3 Å². The minimum atomic E-state index is 0.0859. The minimum Gasteiger partial charge on any atom is -0.336 e. The lowest BCUT2D eigenvalue weighted by atomic mass is 10.0. The zero-order chi connectivity index (χ0) is 16.8. The molecule has 0 aliphatic carbocycles. The molecule has 1 aliphatic rings. The molecule has 0 radical (unpaired) electrons. The molecular weight excluding hydrogens is 306 g/mol. The van der Waals surface area contributed by atoms with E-state index < -0.39 is 0 Å². The Bertz CT molecular complexity index is 496. The van der Waals surface area contributed by atoms with E-state index in [4.69, 9.17) is 0 Å². The van der Waals surface area contributed by atoms with Crippen molar-refractivity contribution in [3.63, 3.8) is 0 Å². The van der Waals surface area contributed by atoms with Crippen molar-refractivity contribution < 1.29 is 4.79 Å². The Balaban J connectivity index is 1.88. The second-order valence-electron chi connectivity index (χ2n) is 6.73. The highest BCUT2D eigenvalue weighted by Gasteiger charge is 2.23. The summed E-state index contributed by atoms with van der Waals surface area (Å²) in [5, 5.41) is 5.31. The molecule has 23 heavy (non-hydrogen) atoms. The van der Waals surface area contributed by atoms with Crippen LogP contribution in [0, 0.1) is 5.92 Å². The maximum Gasteiger partial charge on any atom is 0.317 e. The minimum absolute atomic E-state index is 0.0859. The van der Waals surface area contributed by atoms with Gasteiger partial charge in [-0.1, -0.05) is 27.7 Å². The lowest BCUT2D eigenvalue weighted by molar-refractivity contribution is 0.168. The molecule has 0 fully saturated rings. The Morgan fingerprint density at radius 1 is 1.39 bits per heavy atom. The number of thiophene rings is 1. The number of carbonyl (C=O) groups excluding carboxylic acids is 1. The molecule has 0 bridgehead atoms. The Hall–Kier alpha value is -1.07. The van der Waals surface area contributed by atoms with Crippen molar-refractivity contribution in [3.05, 3.63) is 21.9 Å². The quantitative estimate of drug-likeness (QED) is 0.825. The van der Waals surface area contributed by atoms with Gasteiger partial charge in [0.05, 0.1) is 0 Å². The second-order valence-corrected chi connectivity index (χ2v) is 7.73. The van der Waals surface area contributed by atoms with E-state index in [2.05, 4.69) is 49.4 Å². The van der Waals surface area contributed by atoms with Crippen molar-refractivity contribution >= 4 is 17.4 Å². The maximum absolute atomic E-state index is 12.5. The zero-order valence-corrected chi connectivity index (χ0v) is 15.8. The molecule has 1 aliphatic heterocycles. The third kappa shape index (κ3) is 4.95. The number of urea groups is 1. The molecule has 0 aromatic carbocycles. The van der Waals surface area contributed by atoms with Gasteiger partial charge in [-0.2, -0.15) is 0 Å². The van der Waals surface area contributed by atoms with E-state index in [9.17, 15) is 4.79 Å². The summed E-state index contributed by atoms with van der Waals surface area (Å²) < 4.78 is 0. The number of nitrogens with zero attached hydrogens (tertiary/aromatic N) is 2. The molecule has 1 aromatic rings. The predicted molar refractivity (Wildman–Crippen MR) is 98.0 cm³/mol. The fourth-order valence-electron chi connectivity index (χ4n) is 3.38. The number of carbonyl (C=O) groups is 1. The Kier molecular flexibility index (Phi) is 6.90. The van der Waals surface area contributed by atoms with Gasteiger partial charge in [-0.05, 0) is 48.9 Å². The van der Waals surface area contributed by atoms with E-state index in [1.54, 1.807) is 0 Å². The molecule has 2 amide bonds. The number of nitrogens with one attached hydrogen (secondary N) is 1. The summed E-state index contributed by atoms with van der Waals surface area (Å²) >= 11 is 1.81. The zero-order valence-electron chi connectivity index (χ0n) is 15.0. The van der Waals surface area contributed by atoms with E-state index in [1.165, 1.54) is 10.4 Å². The van der Waals surface area contributed by atoms with Crippen LogP contribution in [0.2, 0.25) is 0 Å². The highest BCUT2D eigenvalue weighted by atomic mass is 32.1. The average Bonchev–Trinajstić information content (AvgIpc) is 3.00. The van der Waals surface area contributed by atoms with Gasteiger partial charge in [-0.3, -0.25) is 4.90 Å². The lowest BCUT2D eigenvalue weighted by Crippen LogP contribution is -2.49. The van der Waals surface area contributed by atoms with Crippen molar-refractivity contribution in [1.82, 2.24) is 15.1 Å². The van der Waals surface area contributed by atoms with Gasteiger partial charge in [0.2, 0.25) is 0 Å². The third-order valence-electron chi connectivity index (χ3n) is 4.66. The van der Waals surface area contributed by atoms with Crippen LogP contribution < -0.4 is 5.32 Å². The maximum atomic E-state index is 12.5. The van der Waals surface area contributed by atoms with Crippen LogP contribution in [0.1, 0.15) is 44.6 Å². The van der Waals surface area contributed by atoms with Gasteiger partial charge in [0.25, 0.3) is 0 Å². The van der Waals surface area contributed by atoms with E-state index in [1.807, 2.05) is 16.2 Å². The SMILES string of the molecule is CCN(CC)C(CNC(=O)N1CCc2sccc2C1)CC(C)C. The van der Waals surface area contributed by atoms with Gasteiger partial charge < -0.3 is 10.2 Å². The summed E-state index contributed by atoms with van der Waals surface area (Å²) in [4.78, 5) is 18.4. The lowest BCUT2D eigenvalue weighted by Gasteiger charge is -2.33. The normalized spacial score (nSPS) is 15.8. The van der Waals surface area contributed by atoms with Crippen molar-refractivity contribution in [3.8, 4) is 0 Å². The molecule has 0 saturated carbocycles. The van der Waals surface area contributed by atoms with Gasteiger partial charge >= 0.3 is 6.03 Å². The summed E-state index contributed by atoms with van der Waals surface area (Å²) in [6.45, 7) is 13.3. The van der Waals surface area contributed by atoms with Gasteiger partial charge in [-0.25, -0.2) is 4.79 Å². The highest BCUT2D eigenvalue weighted by molar-refractivity contribution is 7.10. The van der Waals surface area contributed by atoms with E-state index in [-0.39, 0.29) is 6.03 Å². The fourth-order valence-corrected chi connectivity index (χ4v) is 4.27. The van der Waals surface area contributed by atoms with Crippen LogP contribution in [0.4, 0.5) is 4.79 Å². The van der Waals surface area contributed by atoms with E-state index >= 15 is 0 Å². The van der Waals surface area contributed by atoms with Crippen molar-refractivity contribution in [2.75, 3.05) is 26.2 Å². The summed E-state index contributed by atoms with van der Waals surface area (Å²) in [7, 11) is 0. The highest BCUT2D eigenvalue weighted by Crippen LogP contribution is 2.23. The third-order valence-corrected chi connectivity index (χ3v) is 5.68. The first-order chi connectivity index (χ1) is 11.0. The van der Waals surface area contributed by atoms with Crippen molar-refractivity contribution in [2.24, 2.45) is 5.92 Å². The molecule has 130 valence electrons. The smallest absolute Gasteiger partial charge is 0.317 e. The number of hydrogen-bond acceptors (Lipinski definition) is 3. The largest absolute Gasteiger partial charge is 0.336 e. The first-order valence-electron chi connectivity index (χ1n) is 8.87. The number of likely N-dealkylation sites (N-methyl/N-ethyl adjacent to an activating group) is 1. The standard InChI is InChI=1S/C18H31N3OS/c1-5-20(6-2)16(11-14(3)4)12-19-18(22)21-9-7-17-15(13-21)8-10-23-17/h8,10,14,16H,5-7,9,11-13H2,1-4H3,(H,19,22). The second kappa shape index (κ2) is 8.69. The summed E-state index contributed by atoms with van der Waals surface area (Å²) in [5.41, 5.74) is 1.32. The molecule has 2 rings (SSSR count). The summed E-state index contributed by atoms with van der Waals surface area (Å²) in [6.07, 6.45) is 2.11. The van der Waals surface area contributed by atoms with Crippen molar-refractivity contribution in [2.45, 2.75) is 53.1 Å². The van der Waals surface area contributed by atoms with Crippen molar-refractivity contribution in [1.29, 1.82) is 0 Å². The van der Waals surface area contributed by atoms with Crippen LogP contribution in [0.25, 0.3) is 0 Å². The fraction of sp³-hybridized carbons (Fsp3) is 0.722. The number of fused-ring (bicyclic) bond motifs is 1. The van der Waals surface area contributed by atoms with Gasteiger partial charge in [0.15, 0.2) is 0 Å². The van der Waals surface area contributed by atoms with Crippen LogP contribution in [0.15, 0.2) is 11.4 Å². The predicted octanol–water partition coefficient (Wildman–Crippen LogP) is 3.57. The van der Waals surface area contributed by atoms with Gasteiger partial charge in [0, 0.05) is 30.6 Å². The molecule has 1 N–H and O–H groups in total. The molecule has 1 atom stereocenters. The number of hydrogen-bond donors (Lipinski definition) is 1. The monoisotopic (exact) mass is 337 g/mol. The summed E-state index contributed by atoms with van der Waals surface area (Å²) in [5.74, 6) is 0.640. The molecule has 1 aromatic heterocycles. The molecule has 5 heteroatoms. The van der Waals surface area contributed by atoms with E-state index in [0.29, 0.717) is 12.0 Å². The van der Waals surface area contributed by atoms with Crippen LogP contribution in [-0.2, 0) is 13.0 Å². The Morgan fingerprint density at radius 2 is 2.13 bits per heavy atom. The number of amides is 2. The average molecular weight is 338 g/mol. The molecule has 0 saturated heterocycles. The first kappa shape index (κ1) is 18.3. The summed E-state index contributed by atoms with van der Waals surface area (Å²) in [6, 6.07) is 2.66. The number of rotatable bonds is 7. The molecule has 2 heterocycles. The molecule has 1 unspecified atom stereocenters. The Morgan fingerprint density at radius 3 is 2.78 bits per heavy atom. The van der Waals surface area contributed by atoms with E-state index in [0.717, 1.165) is 45.6 Å². The van der Waals surface area contributed by atoms with Crippen LogP contribution in [0.5, 0.6) is 0 Å². The first-order valence-corrected chi connectivity index (χ1v) is 9.75. The topological polar surface area (TPSA) is 35.6 Å². The molecule has 4 nitrogen and oxygen atoms in total. The van der Waals surface area contributed by atoms with Crippen LogP contribution in [0.3, 0.4) is 0 Å².